The first-order valence-electron chi connectivity index (χ1n) is 2.16. The van der Waals surface area contributed by atoms with Crippen molar-refractivity contribution < 1.29 is 0 Å². The van der Waals surface area contributed by atoms with E-state index in [9.17, 15) is 0 Å². The molecule has 0 aliphatic carbocycles. The topological polar surface area (TPSA) is 38.9 Å². The third-order valence-electron chi connectivity index (χ3n) is 0.714. The monoisotopic (exact) mass is 146 g/mol. The van der Waals surface area contributed by atoms with Gasteiger partial charge in [-0.15, -0.1) is 24.0 Å². The summed E-state index contributed by atoms with van der Waals surface area (Å²) in [5, 5.41) is 3.57. The number of aromatic nitrogens is 1. The summed E-state index contributed by atoms with van der Waals surface area (Å²) >= 11 is 5.54. The summed E-state index contributed by atoms with van der Waals surface area (Å²) in [6.45, 7) is 0.519. The molecule has 1 aromatic rings. The van der Waals surface area contributed by atoms with Gasteiger partial charge in [-0.1, -0.05) is 0 Å². The molecule has 2 N–H and O–H groups in total. The highest BCUT2D eigenvalue weighted by Crippen LogP contribution is 2.10. The van der Waals surface area contributed by atoms with Gasteiger partial charge in [0.05, 0.1) is 0 Å². The van der Waals surface area contributed by atoms with Gasteiger partial charge in [0.15, 0.2) is 0 Å². The van der Waals surface area contributed by atoms with E-state index in [1.54, 1.807) is 0 Å². The standard InChI is InChI=1S/C4H6N2S2/c5-1-4-6-3(7)2-8-4/h2,7H,1,5H2. The fourth-order valence-electron chi connectivity index (χ4n) is 0.395. The van der Waals surface area contributed by atoms with Gasteiger partial charge in [-0.05, 0) is 0 Å². The summed E-state index contributed by atoms with van der Waals surface area (Å²) in [5.41, 5.74) is 5.28. The number of hydrogen-bond acceptors (Lipinski definition) is 4. The van der Waals surface area contributed by atoms with Gasteiger partial charge in [0, 0.05) is 11.9 Å². The summed E-state index contributed by atoms with van der Waals surface area (Å²) < 4.78 is 0. The molecule has 0 saturated carbocycles. The van der Waals surface area contributed by atoms with Gasteiger partial charge in [-0.2, -0.15) is 0 Å². The van der Waals surface area contributed by atoms with E-state index in [4.69, 9.17) is 5.73 Å². The molecule has 0 saturated heterocycles. The quantitative estimate of drug-likeness (QED) is 0.577. The molecule has 44 valence electrons. The summed E-state index contributed by atoms with van der Waals surface area (Å²) in [7, 11) is 0. The van der Waals surface area contributed by atoms with Crippen molar-refractivity contribution in [2.24, 2.45) is 5.73 Å². The Labute approximate surface area is 57.2 Å². The van der Waals surface area contributed by atoms with Crippen molar-refractivity contribution >= 4 is 24.0 Å². The number of nitrogens with two attached hydrogens (primary N) is 1. The lowest BCUT2D eigenvalue weighted by Gasteiger charge is -1.79. The molecule has 0 spiro atoms. The average Bonchev–Trinajstić information content (AvgIpc) is 2.14. The third kappa shape index (κ3) is 1.21. The highest BCUT2D eigenvalue weighted by atomic mass is 32.1. The van der Waals surface area contributed by atoms with Crippen LogP contribution in [0.5, 0.6) is 0 Å². The Balaban J connectivity index is 2.84. The largest absolute Gasteiger partial charge is 0.325 e. The second-order valence-corrected chi connectivity index (χ2v) is 2.70. The summed E-state index contributed by atoms with van der Waals surface area (Å²) in [4.78, 5) is 3.99. The molecule has 0 aliphatic heterocycles. The van der Waals surface area contributed by atoms with E-state index in [0.29, 0.717) is 6.54 Å². The molecule has 0 amide bonds. The molecule has 0 aromatic carbocycles. The SMILES string of the molecule is NCc1nc(S)cs1. The summed E-state index contributed by atoms with van der Waals surface area (Å²) in [6, 6.07) is 0. The van der Waals surface area contributed by atoms with E-state index < -0.39 is 0 Å². The summed E-state index contributed by atoms with van der Waals surface area (Å²) in [6.07, 6.45) is 0. The summed E-state index contributed by atoms with van der Waals surface area (Å²) in [5.74, 6) is 0. The highest BCUT2D eigenvalue weighted by molar-refractivity contribution is 7.80. The predicted molar refractivity (Wildman–Crippen MR) is 37.3 cm³/mol. The van der Waals surface area contributed by atoms with Crippen molar-refractivity contribution in [3.63, 3.8) is 0 Å². The molecule has 0 aliphatic rings. The Hall–Kier alpha value is -0.0600. The van der Waals surface area contributed by atoms with E-state index in [2.05, 4.69) is 17.6 Å². The minimum Gasteiger partial charge on any atom is -0.325 e. The second-order valence-electron chi connectivity index (χ2n) is 1.30. The van der Waals surface area contributed by atoms with Crippen LogP contribution in [0.2, 0.25) is 0 Å². The van der Waals surface area contributed by atoms with Gasteiger partial charge in [0.25, 0.3) is 0 Å². The molecule has 2 nitrogen and oxygen atoms in total. The fraction of sp³-hybridized carbons (Fsp3) is 0.250. The molecule has 1 heterocycles. The average molecular weight is 146 g/mol. The van der Waals surface area contributed by atoms with Crippen molar-refractivity contribution in [1.29, 1.82) is 0 Å². The third-order valence-corrected chi connectivity index (χ3v) is 1.99. The predicted octanol–water partition coefficient (Wildman–Crippen LogP) is 0.891. The number of thiazole rings is 1. The molecule has 8 heavy (non-hydrogen) atoms. The van der Waals surface area contributed by atoms with Crippen LogP contribution >= 0.6 is 24.0 Å². The van der Waals surface area contributed by atoms with Crippen LogP contribution in [0.25, 0.3) is 0 Å². The first-order valence-corrected chi connectivity index (χ1v) is 3.49. The van der Waals surface area contributed by atoms with Crippen molar-refractivity contribution in [1.82, 2.24) is 4.98 Å². The van der Waals surface area contributed by atoms with Gasteiger partial charge in [-0.3, -0.25) is 0 Å². The Kier molecular flexibility index (Phi) is 1.88. The number of rotatable bonds is 1. The van der Waals surface area contributed by atoms with E-state index in [-0.39, 0.29) is 0 Å². The van der Waals surface area contributed by atoms with Gasteiger partial charge >= 0.3 is 0 Å². The Morgan fingerprint density at radius 2 is 2.62 bits per heavy atom. The molecular weight excluding hydrogens is 140 g/mol. The molecule has 0 unspecified atom stereocenters. The maximum absolute atomic E-state index is 5.28. The molecular formula is C4H6N2S2. The number of thiol groups is 1. The number of nitrogens with zero attached hydrogens (tertiary/aromatic N) is 1. The zero-order valence-electron chi connectivity index (χ0n) is 4.16. The molecule has 1 rings (SSSR count). The van der Waals surface area contributed by atoms with Crippen LogP contribution in [-0.4, -0.2) is 4.98 Å². The Bertz CT molecular complexity index is 172. The van der Waals surface area contributed by atoms with E-state index >= 15 is 0 Å². The van der Waals surface area contributed by atoms with E-state index in [0.717, 1.165) is 10.0 Å². The van der Waals surface area contributed by atoms with Gasteiger partial charge in [-0.25, -0.2) is 4.98 Å². The molecule has 0 radical (unpaired) electrons. The normalized spacial score (nSPS) is 9.75. The van der Waals surface area contributed by atoms with Gasteiger partial charge in [0.1, 0.15) is 10.0 Å². The highest BCUT2D eigenvalue weighted by Gasteiger charge is 1.92. The lowest BCUT2D eigenvalue weighted by molar-refractivity contribution is 1.00. The second kappa shape index (κ2) is 2.48. The van der Waals surface area contributed by atoms with Crippen LogP contribution in [0.3, 0.4) is 0 Å². The molecule has 0 bridgehead atoms. The lowest BCUT2D eigenvalue weighted by Crippen LogP contribution is -1.93. The minimum absolute atomic E-state index is 0.519. The zero-order valence-corrected chi connectivity index (χ0v) is 5.88. The van der Waals surface area contributed by atoms with Crippen LogP contribution in [0.15, 0.2) is 10.4 Å². The van der Waals surface area contributed by atoms with E-state index in [1.165, 1.54) is 11.3 Å². The van der Waals surface area contributed by atoms with Crippen molar-refractivity contribution in [2.45, 2.75) is 11.6 Å². The van der Waals surface area contributed by atoms with Crippen molar-refractivity contribution in [2.75, 3.05) is 0 Å². The van der Waals surface area contributed by atoms with Crippen LogP contribution in [0.1, 0.15) is 5.01 Å². The lowest BCUT2D eigenvalue weighted by atomic mass is 10.7. The van der Waals surface area contributed by atoms with Crippen molar-refractivity contribution in [3.05, 3.63) is 10.4 Å². The van der Waals surface area contributed by atoms with Crippen molar-refractivity contribution in [3.8, 4) is 0 Å². The Morgan fingerprint density at radius 3 is 2.88 bits per heavy atom. The van der Waals surface area contributed by atoms with E-state index in [1.807, 2.05) is 5.38 Å². The minimum atomic E-state index is 0.519. The van der Waals surface area contributed by atoms with Crippen LogP contribution in [0.4, 0.5) is 0 Å². The van der Waals surface area contributed by atoms with Crippen LogP contribution < -0.4 is 5.73 Å². The maximum atomic E-state index is 5.28. The molecule has 0 atom stereocenters. The number of hydrogen-bond donors (Lipinski definition) is 2. The molecule has 1 aromatic heterocycles. The van der Waals surface area contributed by atoms with Gasteiger partial charge in [0.2, 0.25) is 0 Å². The molecule has 4 heteroatoms. The fourth-order valence-corrected chi connectivity index (χ4v) is 1.28. The first kappa shape index (κ1) is 6.07. The Morgan fingerprint density at radius 1 is 1.88 bits per heavy atom. The van der Waals surface area contributed by atoms with Gasteiger partial charge < -0.3 is 5.73 Å². The van der Waals surface area contributed by atoms with Crippen LogP contribution in [-0.2, 0) is 6.54 Å². The van der Waals surface area contributed by atoms with Crippen LogP contribution in [0, 0.1) is 0 Å². The zero-order chi connectivity index (χ0) is 5.98. The maximum Gasteiger partial charge on any atom is 0.107 e. The molecule has 0 fully saturated rings. The first-order chi connectivity index (χ1) is 3.83. The smallest absolute Gasteiger partial charge is 0.107 e.